The highest BCUT2D eigenvalue weighted by molar-refractivity contribution is 9.10. The summed E-state index contributed by atoms with van der Waals surface area (Å²) in [4.78, 5) is 33.3. The van der Waals surface area contributed by atoms with Crippen molar-refractivity contribution < 1.29 is 14.4 Å². The third kappa shape index (κ3) is 5.70. The molecule has 4 amide bonds. The van der Waals surface area contributed by atoms with Crippen LogP contribution in [0.3, 0.4) is 0 Å². The van der Waals surface area contributed by atoms with E-state index >= 15 is 0 Å². The van der Waals surface area contributed by atoms with Gasteiger partial charge in [0.05, 0.1) is 13.1 Å². The van der Waals surface area contributed by atoms with Crippen LogP contribution in [0.4, 0.5) is 10.5 Å². The van der Waals surface area contributed by atoms with Crippen molar-refractivity contribution in [3.05, 3.63) is 28.2 Å². The fourth-order valence-electron chi connectivity index (χ4n) is 1.37. The number of hydrogen-bond acceptors (Lipinski definition) is 3. The second-order valence-electron chi connectivity index (χ2n) is 4.00. The van der Waals surface area contributed by atoms with E-state index in [2.05, 4.69) is 31.9 Å². The number of rotatable bonds is 5. The minimum atomic E-state index is -0.796. The van der Waals surface area contributed by atoms with Gasteiger partial charge in [-0.05, 0) is 30.7 Å². The summed E-state index contributed by atoms with van der Waals surface area (Å²) >= 11 is 3.33. The Morgan fingerprint density at radius 2 is 1.80 bits per heavy atom. The van der Waals surface area contributed by atoms with Gasteiger partial charge in [0.25, 0.3) is 0 Å². The summed E-state index contributed by atoms with van der Waals surface area (Å²) in [5, 5.41) is 7.15. The molecule has 0 aliphatic carbocycles. The molecule has 0 saturated heterocycles. The number of primary amides is 1. The molecule has 1 aromatic rings. The zero-order valence-corrected chi connectivity index (χ0v) is 12.4. The van der Waals surface area contributed by atoms with Gasteiger partial charge in [0.2, 0.25) is 11.8 Å². The third-order valence-electron chi connectivity index (χ3n) is 2.33. The first-order valence-electron chi connectivity index (χ1n) is 5.74. The predicted molar refractivity (Wildman–Crippen MR) is 78.1 cm³/mol. The molecule has 7 nitrogen and oxygen atoms in total. The van der Waals surface area contributed by atoms with Crippen molar-refractivity contribution in [1.29, 1.82) is 0 Å². The largest absolute Gasteiger partial charge is 0.352 e. The van der Waals surface area contributed by atoms with Crippen LogP contribution >= 0.6 is 15.9 Å². The number of urea groups is 1. The van der Waals surface area contributed by atoms with E-state index in [9.17, 15) is 14.4 Å². The van der Waals surface area contributed by atoms with Crippen LogP contribution in [0, 0.1) is 6.92 Å². The number of carbonyl (C=O) groups is 3. The Hall–Kier alpha value is -2.09. The molecule has 0 fully saturated rings. The smallest absolute Gasteiger partial charge is 0.312 e. The van der Waals surface area contributed by atoms with E-state index in [4.69, 9.17) is 5.73 Å². The van der Waals surface area contributed by atoms with Crippen LogP contribution in [0.25, 0.3) is 0 Å². The van der Waals surface area contributed by atoms with Gasteiger partial charge >= 0.3 is 6.03 Å². The molecule has 0 saturated carbocycles. The average Bonchev–Trinajstić information content (AvgIpc) is 2.37. The fraction of sp³-hybridized carbons (Fsp3) is 0.250. The van der Waals surface area contributed by atoms with Gasteiger partial charge in [-0.3, -0.25) is 9.59 Å². The van der Waals surface area contributed by atoms with Crippen LogP contribution in [0.15, 0.2) is 22.7 Å². The number of halogens is 1. The number of amides is 4. The topological polar surface area (TPSA) is 113 Å². The molecule has 0 aliphatic rings. The lowest BCUT2D eigenvalue weighted by Gasteiger charge is -2.09. The highest BCUT2D eigenvalue weighted by Crippen LogP contribution is 2.19. The van der Waals surface area contributed by atoms with Gasteiger partial charge in [-0.25, -0.2) is 4.79 Å². The molecular weight excluding hydrogens is 328 g/mol. The van der Waals surface area contributed by atoms with Crippen LogP contribution in [0.1, 0.15) is 5.56 Å². The van der Waals surface area contributed by atoms with E-state index < -0.39 is 11.9 Å². The lowest BCUT2D eigenvalue weighted by Crippen LogP contribution is -2.41. The number of anilines is 1. The number of benzene rings is 1. The Morgan fingerprint density at radius 1 is 1.15 bits per heavy atom. The molecule has 0 unspecified atom stereocenters. The molecule has 0 heterocycles. The van der Waals surface area contributed by atoms with Crippen LogP contribution in [0.2, 0.25) is 0 Å². The van der Waals surface area contributed by atoms with Crippen LogP contribution < -0.4 is 21.7 Å². The first-order chi connectivity index (χ1) is 9.38. The average molecular weight is 343 g/mol. The molecule has 5 N–H and O–H groups in total. The van der Waals surface area contributed by atoms with E-state index in [0.717, 1.165) is 10.0 Å². The van der Waals surface area contributed by atoms with Gasteiger partial charge in [0.15, 0.2) is 0 Å². The number of nitrogens with one attached hydrogen (secondary N) is 3. The quantitative estimate of drug-likeness (QED) is 0.624. The van der Waals surface area contributed by atoms with Crippen molar-refractivity contribution >= 4 is 39.5 Å². The zero-order valence-electron chi connectivity index (χ0n) is 10.8. The molecule has 108 valence electrons. The Morgan fingerprint density at radius 3 is 2.40 bits per heavy atom. The fourth-order valence-corrected chi connectivity index (χ4v) is 1.85. The van der Waals surface area contributed by atoms with Gasteiger partial charge in [-0.2, -0.15) is 0 Å². The second-order valence-corrected chi connectivity index (χ2v) is 4.92. The minimum absolute atomic E-state index is 0.186. The molecule has 0 bridgehead atoms. The zero-order chi connectivity index (χ0) is 15.1. The van der Waals surface area contributed by atoms with Gasteiger partial charge in [0.1, 0.15) is 0 Å². The summed E-state index contributed by atoms with van der Waals surface area (Å²) in [5.41, 5.74) is 6.38. The Balaban J connectivity index is 2.40. The van der Waals surface area contributed by atoms with E-state index in [1.807, 2.05) is 13.0 Å². The Labute approximate surface area is 124 Å². The van der Waals surface area contributed by atoms with Crippen LogP contribution in [-0.2, 0) is 9.59 Å². The van der Waals surface area contributed by atoms with Gasteiger partial charge in [0, 0.05) is 10.2 Å². The van der Waals surface area contributed by atoms with Crippen molar-refractivity contribution in [2.45, 2.75) is 6.92 Å². The SMILES string of the molecule is Cc1cc(Br)ccc1NC(=O)CNC(=O)CNC(N)=O. The van der Waals surface area contributed by atoms with Crippen molar-refractivity contribution in [2.75, 3.05) is 18.4 Å². The Bertz CT molecular complexity index is 533. The third-order valence-corrected chi connectivity index (χ3v) is 2.83. The summed E-state index contributed by atoms with van der Waals surface area (Å²) in [7, 11) is 0. The molecule has 20 heavy (non-hydrogen) atoms. The van der Waals surface area contributed by atoms with E-state index in [-0.39, 0.29) is 19.0 Å². The molecule has 0 spiro atoms. The summed E-state index contributed by atoms with van der Waals surface area (Å²) < 4.78 is 0.916. The molecule has 0 aromatic heterocycles. The highest BCUT2D eigenvalue weighted by atomic mass is 79.9. The molecule has 8 heteroatoms. The molecule has 0 atom stereocenters. The first-order valence-corrected chi connectivity index (χ1v) is 6.54. The molecule has 1 aromatic carbocycles. The van der Waals surface area contributed by atoms with Gasteiger partial charge in [-0.1, -0.05) is 15.9 Å². The maximum atomic E-state index is 11.6. The van der Waals surface area contributed by atoms with Gasteiger partial charge < -0.3 is 21.7 Å². The molecular formula is C12H15BrN4O3. The number of hydrogen-bond donors (Lipinski definition) is 4. The number of aryl methyl sites for hydroxylation is 1. The molecule has 0 radical (unpaired) electrons. The van der Waals surface area contributed by atoms with Crippen LogP contribution in [-0.4, -0.2) is 30.9 Å². The predicted octanol–water partition coefficient (Wildman–Crippen LogP) is 0.481. The van der Waals surface area contributed by atoms with Crippen molar-refractivity contribution in [1.82, 2.24) is 10.6 Å². The summed E-state index contributed by atoms with van der Waals surface area (Å²) in [6, 6.07) is 4.63. The van der Waals surface area contributed by atoms with Crippen molar-refractivity contribution in [3.63, 3.8) is 0 Å². The normalized spacial score (nSPS) is 9.70. The monoisotopic (exact) mass is 342 g/mol. The number of carbonyl (C=O) groups excluding carboxylic acids is 3. The maximum Gasteiger partial charge on any atom is 0.312 e. The maximum absolute atomic E-state index is 11.6. The van der Waals surface area contributed by atoms with Gasteiger partial charge in [-0.15, -0.1) is 0 Å². The van der Waals surface area contributed by atoms with Crippen molar-refractivity contribution in [3.8, 4) is 0 Å². The van der Waals surface area contributed by atoms with Crippen LogP contribution in [0.5, 0.6) is 0 Å². The summed E-state index contributed by atoms with van der Waals surface area (Å²) in [5.74, 6) is -0.852. The van der Waals surface area contributed by atoms with E-state index in [1.54, 1.807) is 12.1 Å². The summed E-state index contributed by atoms with van der Waals surface area (Å²) in [6.45, 7) is 1.41. The Kier molecular flexibility index (Phi) is 5.98. The minimum Gasteiger partial charge on any atom is -0.352 e. The summed E-state index contributed by atoms with van der Waals surface area (Å²) in [6.07, 6.45) is 0. The first kappa shape index (κ1) is 16.0. The van der Waals surface area contributed by atoms with E-state index in [1.165, 1.54) is 0 Å². The molecule has 0 aliphatic heterocycles. The molecule has 1 rings (SSSR count). The number of nitrogens with two attached hydrogens (primary N) is 1. The lowest BCUT2D eigenvalue weighted by molar-refractivity contribution is -0.123. The highest BCUT2D eigenvalue weighted by Gasteiger charge is 2.07. The van der Waals surface area contributed by atoms with E-state index in [0.29, 0.717) is 5.69 Å². The second kappa shape index (κ2) is 7.49. The lowest BCUT2D eigenvalue weighted by atomic mass is 10.2. The van der Waals surface area contributed by atoms with Crippen molar-refractivity contribution in [2.24, 2.45) is 5.73 Å². The standard InChI is InChI=1S/C12H15BrN4O3/c1-7-4-8(13)2-3-9(7)17-11(19)6-15-10(18)5-16-12(14)20/h2-4H,5-6H2,1H3,(H,15,18)(H,17,19)(H3,14,16,20).